The molecule has 1 aliphatic rings. The van der Waals surface area contributed by atoms with E-state index in [0.717, 1.165) is 38.5 Å². The second-order valence-electron chi connectivity index (χ2n) is 8.92. The number of hydrogen-bond acceptors (Lipinski definition) is 6. The molecule has 1 aliphatic heterocycles. The molecule has 6 nitrogen and oxygen atoms in total. The summed E-state index contributed by atoms with van der Waals surface area (Å²) in [6, 6.07) is 0. The molecule has 0 spiro atoms. The first-order valence-electron chi connectivity index (χ1n) is 12.5. The summed E-state index contributed by atoms with van der Waals surface area (Å²) in [6.07, 6.45) is 11.9. The first kappa shape index (κ1) is 27.8. The smallest absolute Gasteiger partial charge is 0.186 e. The highest BCUT2D eigenvalue weighted by molar-refractivity contribution is 4.89. The van der Waals surface area contributed by atoms with Gasteiger partial charge in [0.2, 0.25) is 0 Å². The van der Waals surface area contributed by atoms with E-state index >= 15 is 0 Å². The molecule has 0 aromatic heterocycles. The largest absolute Gasteiger partial charge is 0.394 e. The maximum absolute atomic E-state index is 10.2. The van der Waals surface area contributed by atoms with Crippen molar-refractivity contribution in [2.45, 2.75) is 147 Å². The SMILES string of the molecule is CCCCCCCCCCCCC(CCCCC)OC1O[C@H](CO)[C@@H](O)[C@H](O)[C@H]1O. The zero-order valence-electron chi connectivity index (χ0n) is 19.4. The van der Waals surface area contributed by atoms with Gasteiger partial charge < -0.3 is 29.9 Å². The van der Waals surface area contributed by atoms with Crippen LogP contribution >= 0.6 is 0 Å². The molecule has 4 N–H and O–H groups in total. The first-order chi connectivity index (χ1) is 14.5. The van der Waals surface area contributed by atoms with E-state index in [1.54, 1.807) is 0 Å². The maximum atomic E-state index is 10.2. The fraction of sp³-hybridized carbons (Fsp3) is 1.00. The van der Waals surface area contributed by atoms with Gasteiger partial charge in [0.05, 0.1) is 12.7 Å². The van der Waals surface area contributed by atoms with Crippen LogP contribution in [-0.4, -0.2) is 63.8 Å². The van der Waals surface area contributed by atoms with Gasteiger partial charge in [-0.3, -0.25) is 0 Å². The molecular formula is C24H48O6. The summed E-state index contributed by atoms with van der Waals surface area (Å²) in [4.78, 5) is 0. The number of hydrogen-bond donors (Lipinski definition) is 4. The zero-order valence-corrected chi connectivity index (χ0v) is 19.4. The summed E-state index contributed by atoms with van der Waals surface area (Å²) in [7, 11) is 0. The predicted molar refractivity (Wildman–Crippen MR) is 119 cm³/mol. The van der Waals surface area contributed by atoms with E-state index in [0.29, 0.717) is 0 Å². The molecule has 0 amide bonds. The topological polar surface area (TPSA) is 99.4 Å². The van der Waals surface area contributed by atoms with E-state index in [1.165, 1.54) is 57.8 Å². The van der Waals surface area contributed by atoms with E-state index in [2.05, 4.69) is 13.8 Å². The van der Waals surface area contributed by atoms with Gasteiger partial charge in [0, 0.05) is 0 Å². The highest BCUT2D eigenvalue weighted by Crippen LogP contribution is 2.26. The molecule has 0 aromatic rings. The van der Waals surface area contributed by atoms with Crippen LogP contribution in [-0.2, 0) is 9.47 Å². The van der Waals surface area contributed by atoms with Crippen molar-refractivity contribution in [3.63, 3.8) is 0 Å². The van der Waals surface area contributed by atoms with Gasteiger partial charge in [-0.1, -0.05) is 97.3 Å². The van der Waals surface area contributed by atoms with Crippen molar-refractivity contribution >= 4 is 0 Å². The molecule has 6 atom stereocenters. The van der Waals surface area contributed by atoms with E-state index in [4.69, 9.17) is 9.47 Å². The number of unbranched alkanes of at least 4 members (excludes halogenated alkanes) is 11. The number of aliphatic hydroxyl groups excluding tert-OH is 4. The zero-order chi connectivity index (χ0) is 22.2. The Hall–Kier alpha value is -0.240. The second kappa shape index (κ2) is 17.3. The summed E-state index contributed by atoms with van der Waals surface area (Å²) >= 11 is 0. The Bertz CT molecular complexity index is 392. The lowest BCUT2D eigenvalue weighted by atomic mass is 9.98. The minimum Gasteiger partial charge on any atom is -0.394 e. The highest BCUT2D eigenvalue weighted by atomic mass is 16.7. The van der Waals surface area contributed by atoms with Gasteiger partial charge in [0.1, 0.15) is 24.4 Å². The number of ether oxygens (including phenoxy) is 2. The lowest BCUT2D eigenvalue weighted by molar-refractivity contribution is -0.312. The standard InChI is InChI=1S/C24H48O6/c1-3-5-7-8-9-10-11-12-13-15-17-19(16-14-6-4-2)29-24-23(28)22(27)21(26)20(18-25)30-24/h19-28H,3-18H2,1-2H3/t19?,20-,21-,22+,23-,24?/m1/s1. The highest BCUT2D eigenvalue weighted by Gasteiger charge is 2.44. The Balaban J connectivity index is 2.34. The van der Waals surface area contributed by atoms with Gasteiger partial charge in [0.25, 0.3) is 0 Å². The Kier molecular flexibility index (Phi) is 16.1. The van der Waals surface area contributed by atoms with E-state index in [9.17, 15) is 20.4 Å². The summed E-state index contributed by atoms with van der Waals surface area (Å²) < 4.78 is 11.6. The second-order valence-corrected chi connectivity index (χ2v) is 8.92. The molecule has 0 radical (unpaired) electrons. The van der Waals surface area contributed by atoms with Crippen molar-refractivity contribution in [2.24, 2.45) is 0 Å². The molecule has 180 valence electrons. The van der Waals surface area contributed by atoms with Crippen LogP contribution in [0.15, 0.2) is 0 Å². The molecule has 0 aromatic carbocycles. The molecule has 6 heteroatoms. The lowest BCUT2D eigenvalue weighted by Gasteiger charge is -2.41. The molecule has 0 saturated carbocycles. The van der Waals surface area contributed by atoms with Crippen molar-refractivity contribution in [1.82, 2.24) is 0 Å². The van der Waals surface area contributed by atoms with Crippen LogP contribution in [0.3, 0.4) is 0 Å². The van der Waals surface area contributed by atoms with Crippen LogP contribution in [0.1, 0.15) is 110 Å². The summed E-state index contributed by atoms with van der Waals surface area (Å²) in [5.74, 6) is 0. The van der Waals surface area contributed by atoms with Gasteiger partial charge in [-0.05, 0) is 12.8 Å². The molecule has 0 aliphatic carbocycles. The molecular weight excluding hydrogens is 384 g/mol. The minimum absolute atomic E-state index is 0.0490. The third-order valence-corrected chi connectivity index (χ3v) is 6.18. The quantitative estimate of drug-likeness (QED) is 0.244. The van der Waals surface area contributed by atoms with E-state index in [-0.39, 0.29) is 6.10 Å². The molecule has 1 rings (SSSR count). The fourth-order valence-corrected chi connectivity index (χ4v) is 4.13. The van der Waals surface area contributed by atoms with Gasteiger partial charge in [-0.25, -0.2) is 0 Å². The Morgan fingerprint density at radius 3 is 1.67 bits per heavy atom. The monoisotopic (exact) mass is 432 g/mol. The molecule has 2 unspecified atom stereocenters. The van der Waals surface area contributed by atoms with Crippen LogP contribution in [0, 0.1) is 0 Å². The number of aliphatic hydroxyl groups is 4. The van der Waals surface area contributed by atoms with Crippen LogP contribution in [0.25, 0.3) is 0 Å². The summed E-state index contributed by atoms with van der Waals surface area (Å²) in [5, 5.41) is 39.5. The molecule has 1 fully saturated rings. The Labute approximate surface area is 184 Å². The van der Waals surface area contributed by atoms with Crippen molar-refractivity contribution in [3.05, 3.63) is 0 Å². The first-order valence-corrected chi connectivity index (χ1v) is 12.5. The molecule has 0 bridgehead atoms. The van der Waals surface area contributed by atoms with Gasteiger partial charge in [0.15, 0.2) is 6.29 Å². The maximum Gasteiger partial charge on any atom is 0.186 e. The summed E-state index contributed by atoms with van der Waals surface area (Å²) in [6.45, 7) is 3.98. The summed E-state index contributed by atoms with van der Waals surface area (Å²) in [5.41, 5.74) is 0. The van der Waals surface area contributed by atoms with Gasteiger partial charge in [-0.15, -0.1) is 0 Å². The van der Waals surface area contributed by atoms with Crippen LogP contribution < -0.4 is 0 Å². The van der Waals surface area contributed by atoms with Gasteiger partial charge >= 0.3 is 0 Å². The van der Waals surface area contributed by atoms with Crippen LogP contribution in [0.4, 0.5) is 0 Å². The fourth-order valence-electron chi connectivity index (χ4n) is 4.13. The minimum atomic E-state index is -1.38. The normalized spacial score (nSPS) is 28.0. The predicted octanol–water partition coefficient (Wildman–Crippen LogP) is 4.06. The van der Waals surface area contributed by atoms with Crippen LogP contribution in [0.5, 0.6) is 0 Å². The van der Waals surface area contributed by atoms with Crippen LogP contribution in [0.2, 0.25) is 0 Å². The van der Waals surface area contributed by atoms with Gasteiger partial charge in [-0.2, -0.15) is 0 Å². The van der Waals surface area contributed by atoms with E-state index in [1.807, 2.05) is 0 Å². The van der Waals surface area contributed by atoms with Crippen molar-refractivity contribution < 1.29 is 29.9 Å². The Morgan fingerprint density at radius 1 is 0.667 bits per heavy atom. The van der Waals surface area contributed by atoms with Crippen molar-refractivity contribution in [3.8, 4) is 0 Å². The lowest BCUT2D eigenvalue weighted by Crippen LogP contribution is -2.59. The third kappa shape index (κ3) is 10.9. The molecule has 30 heavy (non-hydrogen) atoms. The van der Waals surface area contributed by atoms with Crippen molar-refractivity contribution in [2.75, 3.05) is 6.61 Å². The molecule has 1 saturated heterocycles. The van der Waals surface area contributed by atoms with Crippen molar-refractivity contribution in [1.29, 1.82) is 0 Å². The molecule has 1 heterocycles. The number of rotatable bonds is 18. The average molecular weight is 433 g/mol. The van der Waals surface area contributed by atoms with E-state index < -0.39 is 37.3 Å². The Morgan fingerprint density at radius 2 is 1.13 bits per heavy atom. The third-order valence-electron chi connectivity index (χ3n) is 6.18. The average Bonchev–Trinajstić information content (AvgIpc) is 2.75.